The maximum atomic E-state index is 11.7. The van der Waals surface area contributed by atoms with Crippen molar-refractivity contribution >= 4 is 38.1 Å². The number of sulfonamides is 1. The number of pyridine rings is 1. The molecule has 5 heterocycles. The summed E-state index contributed by atoms with van der Waals surface area (Å²) < 4.78 is 30.6. The zero-order valence-electron chi connectivity index (χ0n) is 19.0. The first-order valence-electron chi connectivity index (χ1n) is 11.3. The molecule has 1 aromatic carbocycles. The molecule has 0 radical (unpaired) electrons. The fourth-order valence-electron chi connectivity index (χ4n) is 4.68. The van der Waals surface area contributed by atoms with E-state index in [1.807, 2.05) is 37.3 Å². The number of hydrogen-bond acceptors (Lipinski definition) is 9. The minimum absolute atomic E-state index is 0.399. The fourth-order valence-corrected chi connectivity index (χ4v) is 5.50. The van der Waals surface area contributed by atoms with E-state index in [0.717, 1.165) is 59.9 Å². The van der Waals surface area contributed by atoms with Crippen LogP contribution in [0.3, 0.4) is 0 Å². The number of piperazine rings is 1. The Morgan fingerprint density at radius 3 is 2.53 bits per heavy atom. The molecule has 0 saturated carbocycles. The van der Waals surface area contributed by atoms with Gasteiger partial charge in [-0.25, -0.2) is 28.4 Å². The first-order chi connectivity index (χ1) is 16.3. The number of oxazole rings is 1. The third-order valence-electron chi connectivity index (χ3n) is 6.63. The Kier molecular flexibility index (Phi) is 5.01. The summed E-state index contributed by atoms with van der Waals surface area (Å²) in [6.07, 6.45) is 3.07. The molecule has 10 nitrogen and oxygen atoms in total. The smallest absolute Gasteiger partial charge is 0.211 e. The molecule has 0 unspecified atom stereocenters. The third kappa shape index (κ3) is 3.89. The fraction of sp³-hybridized carbons (Fsp3) is 0.391. The van der Waals surface area contributed by atoms with Gasteiger partial charge in [-0.3, -0.25) is 4.90 Å². The van der Waals surface area contributed by atoms with Crippen LogP contribution in [0.15, 0.2) is 40.9 Å². The van der Waals surface area contributed by atoms with Gasteiger partial charge in [0.2, 0.25) is 10.0 Å². The highest BCUT2D eigenvalue weighted by atomic mass is 32.2. The molecule has 34 heavy (non-hydrogen) atoms. The lowest BCUT2D eigenvalue weighted by atomic mass is 10.1. The van der Waals surface area contributed by atoms with Gasteiger partial charge < -0.3 is 9.32 Å². The van der Waals surface area contributed by atoms with Crippen LogP contribution < -0.4 is 4.90 Å². The third-order valence-corrected chi connectivity index (χ3v) is 7.93. The van der Waals surface area contributed by atoms with Crippen molar-refractivity contribution < 1.29 is 12.8 Å². The quantitative estimate of drug-likeness (QED) is 0.434. The molecule has 3 aromatic heterocycles. The van der Waals surface area contributed by atoms with E-state index >= 15 is 0 Å². The van der Waals surface area contributed by atoms with Gasteiger partial charge in [-0.15, -0.1) is 0 Å². The minimum atomic E-state index is -3.11. The van der Waals surface area contributed by atoms with E-state index in [0.29, 0.717) is 30.7 Å². The zero-order valence-corrected chi connectivity index (χ0v) is 19.9. The van der Waals surface area contributed by atoms with E-state index in [1.54, 1.807) is 10.5 Å². The van der Waals surface area contributed by atoms with E-state index in [9.17, 15) is 8.42 Å². The highest BCUT2D eigenvalue weighted by Crippen LogP contribution is 2.27. The van der Waals surface area contributed by atoms with E-state index in [2.05, 4.69) is 19.8 Å². The molecule has 2 aliphatic heterocycles. The second kappa shape index (κ2) is 7.97. The van der Waals surface area contributed by atoms with Crippen molar-refractivity contribution in [3.63, 3.8) is 0 Å². The van der Waals surface area contributed by atoms with Gasteiger partial charge in [0.15, 0.2) is 17.1 Å². The molecule has 0 amide bonds. The SMILES string of the molecule is Cc1nc2cc(-c3ccc4ncc(N5CC(N6CCN(S(C)(=O)=O)CC6)C5)nc4n3)ccc2o1. The summed E-state index contributed by atoms with van der Waals surface area (Å²) in [6, 6.07) is 10.1. The van der Waals surface area contributed by atoms with Crippen LogP contribution in [0.25, 0.3) is 33.5 Å². The first-order valence-corrected chi connectivity index (χ1v) is 13.1. The Labute approximate surface area is 197 Å². The maximum absolute atomic E-state index is 11.7. The van der Waals surface area contributed by atoms with Gasteiger partial charge in [0.1, 0.15) is 16.9 Å². The molecule has 0 spiro atoms. The minimum Gasteiger partial charge on any atom is -0.441 e. The van der Waals surface area contributed by atoms with Gasteiger partial charge >= 0.3 is 0 Å². The second-order valence-corrected chi connectivity index (χ2v) is 10.9. The molecular formula is C23H25N7O3S. The van der Waals surface area contributed by atoms with Crippen molar-refractivity contribution in [2.24, 2.45) is 0 Å². The van der Waals surface area contributed by atoms with Gasteiger partial charge in [-0.05, 0) is 30.3 Å². The molecule has 11 heteroatoms. The monoisotopic (exact) mass is 479 g/mol. The zero-order chi connectivity index (χ0) is 23.4. The summed E-state index contributed by atoms with van der Waals surface area (Å²) >= 11 is 0. The number of anilines is 1. The van der Waals surface area contributed by atoms with Crippen molar-refractivity contribution in [1.29, 1.82) is 0 Å². The molecule has 0 aliphatic carbocycles. The van der Waals surface area contributed by atoms with Crippen LogP contribution in [-0.4, -0.2) is 89.1 Å². The normalized spacial score (nSPS) is 18.6. The van der Waals surface area contributed by atoms with Crippen LogP contribution in [0.4, 0.5) is 5.82 Å². The van der Waals surface area contributed by atoms with Gasteiger partial charge in [-0.2, -0.15) is 4.31 Å². The van der Waals surface area contributed by atoms with Gasteiger partial charge in [0, 0.05) is 57.8 Å². The number of hydrogen-bond donors (Lipinski definition) is 0. The van der Waals surface area contributed by atoms with Crippen LogP contribution in [0.1, 0.15) is 5.89 Å². The maximum Gasteiger partial charge on any atom is 0.211 e. The van der Waals surface area contributed by atoms with Crippen LogP contribution in [0.5, 0.6) is 0 Å². The molecule has 0 bridgehead atoms. The molecule has 2 saturated heterocycles. The van der Waals surface area contributed by atoms with Crippen molar-refractivity contribution in [3.05, 3.63) is 42.4 Å². The van der Waals surface area contributed by atoms with Gasteiger partial charge in [0.25, 0.3) is 0 Å². The molecule has 2 aliphatic rings. The highest BCUT2D eigenvalue weighted by molar-refractivity contribution is 7.88. The van der Waals surface area contributed by atoms with Crippen molar-refractivity contribution in [2.45, 2.75) is 13.0 Å². The van der Waals surface area contributed by atoms with Crippen molar-refractivity contribution in [2.75, 3.05) is 50.4 Å². The van der Waals surface area contributed by atoms with Crippen molar-refractivity contribution in [1.82, 2.24) is 29.1 Å². The Bertz CT molecular complexity index is 1490. The Morgan fingerprint density at radius 2 is 1.76 bits per heavy atom. The molecule has 4 aromatic rings. The number of rotatable bonds is 4. The average molecular weight is 480 g/mol. The molecule has 2 fully saturated rings. The van der Waals surface area contributed by atoms with E-state index in [4.69, 9.17) is 14.4 Å². The lowest BCUT2D eigenvalue weighted by Crippen LogP contribution is -2.63. The summed E-state index contributed by atoms with van der Waals surface area (Å²) in [6.45, 7) is 6.16. The van der Waals surface area contributed by atoms with Gasteiger partial charge in [-0.1, -0.05) is 0 Å². The van der Waals surface area contributed by atoms with Crippen LogP contribution >= 0.6 is 0 Å². The van der Waals surface area contributed by atoms with E-state index < -0.39 is 10.0 Å². The predicted molar refractivity (Wildman–Crippen MR) is 129 cm³/mol. The lowest BCUT2D eigenvalue weighted by Gasteiger charge is -2.48. The van der Waals surface area contributed by atoms with E-state index in [-0.39, 0.29) is 0 Å². The van der Waals surface area contributed by atoms with Crippen molar-refractivity contribution in [3.8, 4) is 11.3 Å². The van der Waals surface area contributed by atoms with E-state index in [1.165, 1.54) is 6.26 Å². The Balaban J connectivity index is 1.17. The number of fused-ring (bicyclic) bond motifs is 2. The Hall–Kier alpha value is -3.15. The van der Waals surface area contributed by atoms with Crippen LogP contribution in [0.2, 0.25) is 0 Å². The van der Waals surface area contributed by atoms with Crippen LogP contribution in [0, 0.1) is 6.92 Å². The molecule has 0 N–H and O–H groups in total. The summed E-state index contributed by atoms with van der Waals surface area (Å²) in [4.78, 5) is 23.1. The standard InChI is InChI=1S/C23H25N7O3S/c1-15-25-20-11-16(3-6-21(20)33-15)18-4-5-19-23(26-18)27-22(12-24-19)29-13-17(14-29)28-7-9-30(10-8-28)34(2,31)32/h3-6,11-12,17H,7-10,13-14H2,1-2H3. The highest BCUT2D eigenvalue weighted by Gasteiger charge is 2.35. The average Bonchev–Trinajstić information content (AvgIpc) is 3.16. The van der Waals surface area contributed by atoms with Gasteiger partial charge in [0.05, 0.1) is 18.1 Å². The predicted octanol–water partition coefficient (Wildman–Crippen LogP) is 1.91. The number of aromatic nitrogens is 4. The summed E-state index contributed by atoms with van der Waals surface area (Å²) in [7, 11) is -3.11. The summed E-state index contributed by atoms with van der Waals surface area (Å²) in [5.74, 6) is 1.45. The molecule has 6 rings (SSSR count). The first kappa shape index (κ1) is 21.4. The topological polar surface area (TPSA) is 109 Å². The second-order valence-electron chi connectivity index (χ2n) is 8.94. The summed E-state index contributed by atoms with van der Waals surface area (Å²) in [5, 5.41) is 0. The van der Waals surface area contributed by atoms with Crippen LogP contribution in [-0.2, 0) is 10.0 Å². The lowest BCUT2D eigenvalue weighted by molar-refractivity contribution is 0.117. The molecule has 176 valence electrons. The number of aryl methyl sites for hydroxylation is 1. The molecule has 0 atom stereocenters. The number of nitrogens with zero attached hydrogens (tertiary/aromatic N) is 7. The largest absolute Gasteiger partial charge is 0.441 e. The summed E-state index contributed by atoms with van der Waals surface area (Å²) in [5.41, 5.74) is 4.69. The number of benzene rings is 1. The molecular weight excluding hydrogens is 454 g/mol. The Morgan fingerprint density at radius 1 is 0.971 bits per heavy atom.